The Morgan fingerprint density at radius 2 is 2.05 bits per heavy atom. The van der Waals surface area contributed by atoms with Gasteiger partial charge in [0.15, 0.2) is 6.61 Å². The van der Waals surface area contributed by atoms with Gasteiger partial charge in [0.05, 0.1) is 18.1 Å². The molecule has 0 aliphatic carbocycles. The molecule has 0 heterocycles. The van der Waals surface area contributed by atoms with Gasteiger partial charge in [0.2, 0.25) is 0 Å². The SMILES string of the molecule is COC(=O)C(C)CN(C)C(=O)COc1cc(C)ccc1Cl. The van der Waals surface area contributed by atoms with Crippen molar-refractivity contribution in [3.63, 3.8) is 0 Å². The molecule has 6 heteroatoms. The number of methoxy groups -OCH3 is 1. The minimum Gasteiger partial charge on any atom is -0.482 e. The van der Waals surface area contributed by atoms with E-state index in [9.17, 15) is 9.59 Å². The summed E-state index contributed by atoms with van der Waals surface area (Å²) < 4.78 is 10.1. The van der Waals surface area contributed by atoms with Crippen LogP contribution < -0.4 is 4.74 Å². The molecule has 1 atom stereocenters. The van der Waals surface area contributed by atoms with Crippen molar-refractivity contribution in [2.45, 2.75) is 13.8 Å². The molecule has 0 saturated heterocycles. The number of esters is 1. The summed E-state index contributed by atoms with van der Waals surface area (Å²) in [6, 6.07) is 5.35. The molecule has 0 N–H and O–H groups in total. The number of amides is 1. The minimum atomic E-state index is -0.383. The van der Waals surface area contributed by atoms with Crippen molar-refractivity contribution < 1.29 is 19.1 Å². The molecule has 0 aliphatic heterocycles. The van der Waals surface area contributed by atoms with E-state index < -0.39 is 0 Å². The van der Waals surface area contributed by atoms with E-state index in [-0.39, 0.29) is 30.9 Å². The Balaban J connectivity index is 2.53. The van der Waals surface area contributed by atoms with E-state index in [1.54, 1.807) is 26.1 Å². The number of carbonyl (C=O) groups excluding carboxylic acids is 2. The van der Waals surface area contributed by atoms with E-state index in [2.05, 4.69) is 4.74 Å². The van der Waals surface area contributed by atoms with E-state index in [0.29, 0.717) is 10.8 Å². The first kappa shape index (κ1) is 17.3. The van der Waals surface area contributed by atoms with Gasteiger partial charge in [-0.1, -0.05) is 24.6 Å². The number of hydrogen-bond acceptors (Lipinski definition) is 4. The number of aryl methyl sites for hydroxylation is 1. The molecule has 1 aromatic rings. The third-order valence-electron chi connectivity index (χ3n) is 3.01. The fourth-order valence-electron chi connectivity index (χ4n) is 1.76. The lowest BCUT2D eigenvalue weighted by Gasteiger charge is -2.20. The predicted molar refractivity (Wildman–Crippen MR) is 80.5 cm³/mol. The molecule has 1 amide bonds. The summed E-state index contributed by atoms with van der Waals surface area (Å²) in [6.45, 7) is 3.76. The Morgan fingerprint density at radius 1 is 1.38 bits per heavy atom. The van der Waals surface area contributed by atoms with Crippen molar-refractivity contribution in [3.05, 3.63) is 28.8 Å². The van der Waals surface area contributed by atoms with Crippen molar-refractivity contribution in [1.82, 2.24) is 4.90 Å². The van der Waals surface area contributed by atoms with Gasteiger partial charge in [0.25, 0.3) is 5.91 Å². The first-order valence-corrected chi connectivity index (χ1v) is 6.93. The summed E-state index contributed by atoms with van der Waals surface area (Å²) >= 11 is 5.99. The average molecular weight is 314 g/mol. The molecular weight excluding hydrogens is 294 g/mol. The van der Waals surface area contributed by atoms with E-state index >= 15 is 0 Å². The molecule has 21 heavy (non-hydrogen) atoms. The summed E-state index contributed by atoms with van der Waals surface area (Å²) in [5, 5.41) is 0.457. The second-order valence-electron chi connectivity index (χ2n) is 4.92. The second-order valence-corrected chi connectivity index (χ2v) is 5.33. The maximum absolute atomic E-state index is 12.0. The zero-order valence-electron chi connectivity index (χ0n) is 12.7. The summed E-state index contributed by atoms with van der Waals surface area (Å²) in [7, 11) is 2.94. The molecule has 0 fully saturated rings. The molecule has 0 aliphatic rings. The van der Waals surface area contributed by atoms with Crippen LogP contribution in [0.5, 0.6) is 5.75 Å². The molecule has 0 radical (unpaired) electrons. The lowest BCUT2D eigenvalue weighted by molar-refractivity contribution is -0.146. The maximum Gasteiger partial charge on any atom is 0.310 e. The number of nitrogens with zero attached hydrogens (tertiary/aromatic N) is 1. The van der Waals surface area contributed by atoms with Gasteiger partial charge in [-0.25, -0.2) is 0 Å². The van der Waals surface area contributed by atoms with Crippen LogP contribution in [0.3, 0.4) is 0 Å². The number of hydrogen-bond donors (Lipinski definition) is 0. The number of likely N-dealkylation sites (N-methyl/N-ethyl adjacent to an activating group) is 1. The van der Waals surface area contributed by atoms with Gasteiger partial charge in [0, 0.05) is 13.6 Å². The highest BCUT2D eigenvalue weighted by molar-refractivity contribution is 6.32. The van der Waals surface area contributed by atoms with Crippen LogP contribution in [0, 0.1) is 12.8 Å². The predicted octanol–water partition coefficient (Wildman–Crippen LogP) is 2.29. The summed E-state index contributed by atoms with van der Waals surface area (Å²) in [4.78, 5) is 24.7. The molecular formula is C15H20ClNO4. The number of carbonyl (C=O) groups is 2. The number of ether oxygens (including phenoxy) is 2. The Kier molecular flexibility index (Phi) is 6.49. The molecule has 116 valence electrons. The van der Waals surface area contributed by atoms with Gasteiger partial charge in [-0.3, -0.25) is 9.59 Å². The van der Waals surface area contributed by atoms with Gasteiger partial charge in [-0.2, -0.15) is 0 Å². The fraction of sp³-hybridized carbons (Fsp3) is 0.467. The van der Waals surface area contributed by atoms with Crippen LogP contribution in [0.2, 0.25) is 5.02 Å². The van der Waals surface area contributed by atoms with Crippen LogP contribution in [0.15, 0.2) is 18.2 Å². The molecule has 1 rings (SSSR count). The second kappa shape index (κ2) is 7.88. The molecule has 1 aromatic carbocycles. The largest absolute Gasteiger partial charge is 0.482 e. The third kappa shape index (κ3) is 5.27. The summed E-state index contributed by atoms with van der Waals surface area (Å²) in [5.41, 5.74) is 0.995. The van der Waals surface area contributed by atoms with Gasteiger partial charge in [0.1, 0.15) is 5.75 Å². The van der Waals surface area contributed by atoms with Crippen LogP contribution >= 0.6 is 11.6 Å². The monoisotopic (exact) mass is 313 g/mol. The van der Waals surface area contributed by atoms with Crippen molar-refractivity contribution in [1.29, 1.82) is 0 Å². The number of halogens is 1. The Hall–Kier alpha value is -1.75. The smallest absolute Gasteiger partial charge is 0.310 e. The molecule has 0 saturated carbocycles. The zero-order valence-corrected chi connectivity index (χ0v) is 13.4. The number of benzene rings is 1. The first-order chi connectivity index (χ1) is 9.85. The van der Waals surface area contributed by atoms with Crippen LogP contribution in [0.1, 0.15) is 12.5 Å². The highest BCUT2D eigenvalue weighted by Gasteiger charge is 2.19. The normalized spacial score (nSPS) is 11.7. The topological polar surface area (TPSA) is 55.8 Å². The lowest BCUT2D eigenvalue weighted by atomic mass is 10.2. The Labute approximate surface area is 129 Å². The minimum absolute atomic E-state index is 0.131. The van der Waals surface area contributed by atoms with Gasteiger partial charge in [-0.05, 0) is 24.6 Å². The number of rotatable bonds is 6. The molecule has 1 unspecified atom stereocenters. The van der Waals surface area contributed by atoms with E-state index in [1.807, 2.05) is 13.0 Å². The van der Waals surface area contributed by atoms with E-state index in [1.165, 1.54) is 12.0 Å². The highest BCUT2D eigenvalue weighted by atomic mass is 35.5. The third-order valence-corrected chi connectivity index (χ3v) is 3.33. The van der Waals surface area contributed by atoms with Crippen LogP contribution in [0.25, 0.3) is 0 Å². The maximum atomic E-state index is 12.0. The van der Waals surface area contributed by atoms with Crippen molar-refractivity contribution in [3.8, 4) is 5.75 Å². The Bertz CT molecular complexity index is 518. The Morgan fingerprint density at radius 3 is 2.67 bits per heavy atom. The van der Waals surface area contributed by atoms with Gasteiger partial charge < -0.3 is 14.4 Å². The fourth-order valence-corrected chi connectivity index (χ4v) is 1.93. The van der Waals surface area contributed by atoms with E-state index in [4.69, 9.17) is 16.3 Å². The molecule has 5 nitrogen and oxygen atoms in total. The van der Waals surface area contributed by atoms with Crippen molar-refractivity contribution >= 4 is 23.5 Å². The van der Waals surface area contributed by atoms with Crippen LogP contribution in [-0.2, 0) is 14.3 Å². The zero-order chi connectivity index (χ0) is 16.0. The van der Waals surface area contributed by atoms with Crippen LogP contribution in [-0.4, -0.2) is 44.1 Å². The average Bonchev–Trinajstić information content (AvgIpc) is 2.46. The van der Waals surface area contributed by atoms with Crippen LogP contribution in [0.4, 0.5) is 0 Å². The highest BCUT2D eigenvalue weighted by Crippen LogP contribution is 2.25. The first-order valence-electron chi connectivity index (χ1n) is 6.56. The lowest BCUT2D eigenvalue weighted by Crippen LogP contribution is -2.37. The van der Waals surface area contributed by atoms with Crippen molar-refractivity contribution in [2.75, 3.05) is 27.3 Å². The molecule has 0 spiro atoms. The summed E-state index contributed by atoms with van der Waals surface area (Å²) in [6.07, 6.45) is 0. The molecule has 0 aromatic heterocycles. The quantitative estimate of drug-likeness (QED) is 0.756. The van der Waals surface area contributed by atoms with Gasteiger partial charge >= 0.3 is 5.97 Å². The van der Waals surface area contributed by atoms with E-state index in [0.717, 1.165) is 5.56 Å². The van der Waals surface area contributed by atoms with Crippen molar-refractivity contribution in [2.24, 2.45) is 5.92 Å². The standard InChI is InChI=1S/C15H20ClNO4/c1-10-5-6-12(16)13(7-10)21-9-14(18)17(3)8-11(2)15(19)20-4/h5-7,11H,8-9H2,1-4H3. The summed E-state index contributed by atoms with van der Waals surface area (Å²) in [5.74, 6) is -0.494. The molecule has 0 bridgehead atoms. The van der Waals surface area contributed by atoms with Gasteiger partial charge in [-0.15, -0.1) is 0 Å².